The molecule has 17 heavy (non-hydrogen) atoms. The smallest absolute Gasteiger partial charge is 0.308 e. The van der Waals surface area contributed by atoms with Gasteiger partial charge >= 0.3 is 5.97 Å². The van der Waals surface area contributed by atoms with Gasteiger partial charge in [0.2, 0.25) is 5.82 Å². The zero-order chi connectivity index (χ0) is 12.6. The van der Waals surface area contributed by atoms with Crippen LogP contribution in [0.25, 0.3) is 0 Å². The maximum Gasteiger partial charge on any atom is 0.308 e. The van der Waals surface area contributed by atoms with Crippen molar-refractivity contribution in [3.8, 4) is 0 Å². The second kappa shape index (κ2) is 4.15. The first-order chi connectivity index (χ1) is 7.99. The van der Waals surface area contributed by atoms with Crippen molar-refractivity contribution in [3.63, 3.8) is 0 Å². The van der Waals surface area contributed by atoms with Crippen molar-refractivity contribution in [1.82, 2.24) is 20.1 Å². The standard InChI is InChI=1S/C10H14N4O3/c1-5-3-14(4-7(5)10(16)17)9(15)8-11-6(2)12-13-8/h5,7H,3-4H2,1-2H3,(H,16,17)(H,11,12,13)/t5-,7-/m1/s1. The number of aromatic amines is 1. The number of carbonyl (C=O) groups excluding carboxylic acids is 1. The number of carbonyl (C=O) groups is 2. The molecule has 2 N–H and O–H groups in total. The van der Waals surface area contributed by atoms with Crippen LogP contribution < -0.4 is 0 Å². The fraction of sp³-hybridized carbons (Fsp3) is 0.600. The third kappa shape index (κ3) is 2.13. The lowest BCUT2D eigenvalue weighted by molar-refractivity contribution is -0.142. The molecule has 0 spiro atoms. The van der Waals surface area contributed by atoms with Gasteiger partial charge in [0.1, 0.15) is 5.82 Å². The molecule has 0 aliphatic carbocycles. The highest BCUT2D eigenvalue weighted by molar-refractivity contribution is 5.91. The number of carboxylic acids is 1. The number of hydrogen-bond acceptors (Lipinski definition) is 4. The molecule has 0 unspecified atom stereocenters. The number of nitrogens with one attached hydrogen (secondary N) is 1. The molecule has 1 aromatic heterocycles. The minimum Gasteiger partial charge on any atom is -0.481 e. The van der Waals surface area contributed by atoms with Gasteiger partial charge in [0.05, 0.1) is 5.92 Å². The number of carboxylic acid groups (broad SMARTS) is 1. The minimum absolute atomic E-state index is 0.0449. The van der Waals surface area contributed by atoms with Gasteiger partial charge in [-0.25, -0.2) is 4.98 Å². The van der Waals surface area contributed by atoms with Gasteiger partial charge < -0.3 is 10.0 Å². The van der Waals surface area contributed by atoms with Crippen LogP contribution in [0.5, 0.6) is 0 Å². The number of likely N-dealkylation sites (tertiary alicyclic amines) is 1. The molecular formula is C10H14N4O3. The van der Waals surface area contributed by atoms with Crippen LogP contribution in [0, 0.1) is 18.8 Å². The van der Waals surface area contributed by atoms with Crippen LogP contribution in [0.1, 0.15) is 23.4 Å². The van der Waals surface area contributed by atoms with Gasteiger partial charge in [0.25, 0.3) is 5.91 Å². The van der Waals surface area contributed by atoms with E-state index in [-0.39, 0.29) is 24.2 Å². The van der Waals surface area contributed by atoms with E-state index in [4.69, 9.17) is 5.11 Å². The maximum absolute atomic E-state index is 12.0. The van der Waals surface area contributed by atoms with Gasteiger partial charge in [-0.2, -0.15) is 0 Å². The molecule has 1 amide bonds. The van der Waals surface area contributed by atoms with E-state index in [9.17, 15) is 9.59 Å². The second-order valence-electron chi connectivity index (χ2n) is 4.38. The van der Waals surface area contributed by atoms with Crippen molar-refractivity contribution < 1.29 is 14.7 Å². The molecule has 1 aliphatic rings. The molecule has 1 aliphatic heterocycles. The highest BCUT2D eigenvalue weighted by Crippen LogP contribution is 2.23. The van der Waals surface area contributed by atoms with Gasteiger partial charge in [-0.05, 0) is 12.8 Å². The maximum atomic E-state index is 12.0. The van der Waals surface area contributed by atoms with E-state index in [0.717, 1.165) is 0 Å². The molecule has 92 valence electrons. The third-order valence-corrected chi connectivity index (χ3v) is 3.01. The third-order valence-electron chi connectivity index (χ3n) is 3.01. The lowest BCUT2D eigenvalue weighted by atomic mass is 9.99. The van der Waals surface area contributed by atoms with Crippen molar-refractivity contribution >= 4 is 11.9 Å². The molecular weight excluding hydrogens is 224 g/mol. The van der Waals surface area contributed by atoms with E-state index in [0.29, 0.717) is 12.4 Å². The summed E-state index contributed by atoms with van der Waals surface area (Å²) in [5.41, 5.74) is 0. The highest BCUT2D eigenvalue weighted by Gasteiger charge is 2.38. The quantitative estimate of drug-likeness (QED) is 0.749. The second-order valence-corrected chi connectivity index (χ2v) is 4.38. The van der Waals surface area contributed by atoms with Crippen LogP contribution in [0.4, 0.5) is 0 Å². The van der Waals surface area contributed by atoms with Crippen molar-refractivity contribution in [2.45, 2.75) is 13.8 Å². The Morgan fingerprint density at radius 1 is 1.47 bits per heavy atom. The first-order valence-electron chi connectivity index (χ1n) is 5.40. The molecule has 2 atom stereocenters. The largest absolute Gasteiger partial charge is 0.481 e. The molecule has 7 heteroatoms. The van der Waals surface area contributed by atoms with Crippen molar-refractivity contribution in [3.05, 3.63) is 11.6 Å². The molecule has 1 saturated heterocycles. The molecule has 0 bridgehead atoms. The Morgan fingerprint density at radius 3 is 2.65 bits per heavy atom. The van der Waals surface area contributed by atoms with Crippen LogP contribution in [-0.2, 0) is 4.79 Å². The Balaban J connectivity index is 2.10. The summed E-state index contributed by atoms with van der Waals surface area (Å²) in [4.78, 5) is 28.3. The van der Waals surface area contributed by atoms with Crippen molar-refractivity contribution in [1.29, 1.82) is 0 Å². The number of aliphatic carboxylic acids is 1. The van der Waals surface area contributed by atoms with Gasteiger partial charge in [-0.3, -0.25) is 14.7 Å². The first-order valence-corrected chi connectivity index (χ1v) is 5.40. The van der Waals surface area contributed by atoms with Gasteiger partial charge in [-0.15, -0.1) is 5.10 Å². The number of rotatable bonds is 2. The summed E-state index contributed by atoms with van der Waals surface area (Å²) < 4.78 is 0. The number of H-pyrrole nitrogens is 1. The van der Waals surface area contributed by atoms with E-state index in [2.05, 4.69) is 15.2 Å². The molecule has 0 saturated carbocycles. The molecule has 0 radical (unpaired) electrons. The van der Waals surface area contributed by atoms with Crippen LogP contribution in [0.3, 0.4) is 0 Å². The predicted octanol–water partition coefficient (Wildman–Crippen LogP) is -0.0942. The Hall–Kier alpha value is -1.92. The normalized spacial score (nSPS) is 24.0. The lowest BCUT2D eigenvalue weighted by Gasteiger charge is -2.12. The summed E-state index contributed by atoms with van der Waals surface area (Å²) in [6.07, 6.45) is 0. The monoisotopic (exact) mass is 238 g/mol. The summed E-state index contributed by atoms with van der Waals surface area (Å²) in [5.74, 6) is -1.06. The first kappa shape index (κ1) is 11.6. The molecule has 7 nitrogen and oxygen atoms in total. The zero-order valence-corrected chi connectivity index (χ0v) is 9.67. The van der Waals surface area contributed by atoms with E-state index in [1.54, 1.807) is 6.92 Å². The fourth-order valence-corrected chi connectivity index (χ4v) is 2.03. The van der Waals surface area contributed by atoms with Crippen LogP contribution in [0.15, 0.2) is 0 Å². The Labute approximate surface area is 97.8 Å². The summed E-state index contributed by atoms with van der Waals surface area (Å²) in [6.45, 7) is 4.19. The summed E-state index contributed by atoms with van der Waals surface area (Å²) >= 11 is 0. The van der Waals surface area contributed by atoms with Gasteiger partial charge in [-0.1, -0.05) is 6.92 Å². The van der Waals surface area contributed by atoms with Crippen LogP contribution in [0.2, 0.25) is 0 Å². The lowest BCUT2D eigenvalue weighted by Crippen LogP contribution is -2.30. The van der Waals surface area contributed by atoms with Crippen molar-refractivity contribution in [2.24, 2.45) is 11.8 Å². The van der Waals surface area contributed by atoms with Gasteiger partial charge in [0.15, 0.2) is 0 Å². The number of hydrogen-bond donors (Lipinski definition) is 2. The van der Waals surface area contributed by atoms with Gasteiger partial charge in [0, 0.05) is 13.1 Å². The van der Waals surface area contributed by atoms with E-state index in [1.807, 2.05) is 6.92 Å². The molecule has 1 aromatic rings. The fourth-order valence-electron chi connectivity index (χ4n) is 2.03. The number of amides is 1. The van der Waals surface area contributed by atoms with E-state index < -0.39 is 11.9 Å². The average molecular weight is 238 g/mol. The molecule has 1 fully saturated rings. The zero-order valence-electron chi connectivity index (χ0n) is 9.67. The minimum atomic E-state index is -0.862. The number of aryl methyl sites for hydroxylation is 1. The summed E-state index contributed by atoms with van der Waals surface area (Å²) in [7, 11) is 0. The Kier molecular flexibility index (Phi) is 2.83. The van der Waals surface area contributed by atoms with Crippen LogP contribution in [-0.4, -0.2) is 50.2 Å². The Bertz CT molecular complexity index is 456. The highest BCUT2D eigenvalue weighted by atomic mass is 16.4. The van der Waals surface area contributed by atoms with Crippen LogP contribution >= 0.6 is 0 Å². The molecule has 2 rings (SSSR count). The summed E-state index contributed by atoms with van der Waals surface area (Å²) in [6, 6.07) is 0. The Morgan fingerprint density at radius 2 is 2.18 bits per heavy atom. The topological polar surface area (TPSA) is 99.2 Å². The number of aromatic nitrogens is 3. The van der Waals surface area contributed by atoms with Crippen molar-refractivity contribution in [2.75, 3.05) is 13.1 Å². The van der Waals surface area contributed by atoms with E-state index in [1.165, 1.54) is 4.90 Å². The number of nitrogens with zero attached hydrogens (tertiary/aromatic N) is 3. The molecule has 0 aromatic carbocycles. The predicted molar refractivity (Wildman–Crippen MR) is 57.3 cm³/mol. The summed E-state index contributed by atoms with van der Waals surface area (Å²) in [5, 5.41) is 15.4. The van der Waals surface area contributed by atoms with E-state index >= 15 is 0 Å². The SMILES string of the molecule is Cc1nc(C(=O)N2C[C@@H](C)[C@H](C(=O)O)C2)n[nH]1. The average Bonchev–Trinajstić information content (AvgIpc) is 2.83. The molecule has 2 heterocycles.